The third kappa shape index (κ3) is 4.48. The lowest BCUT2D eigenvalue weighted by molar-refractivity contribution is 0.0951. The summed E-state index contributed by atoms with van der Waals surface area (Å²) in [5.41, 5.74) is 0.263. The number of alkyl halides is 1. The Bertz CT molecular complexity index is 598. The molecule has 2 rings (SSSR count). The minimum atomic E-state index is -3.99. The number of hydrogen-bond acceptors (Lipinski definition) is 5. The minimum absolute atomic E-state index is 0.263. The van der Waals surface area contributed by atoms with Crippen molar-refractivity contribution in [2.24, 2.45) is 0 Å². The molecule has 1 saturated heterocycles. The van der Waals surface area contributed by atoms with Crippen molar-refractivity contribution in [1.29, 1.82) is 0 Å². The first-order chi connectivity index (χ1) is 10.5. The van der Waals surface area contributed by atoms with Crippen molar-refractivity contribution < 1.29 is 17.6 Å². The molecule has 0 atom stereocenters. The molecule has 0 radical (unpaired) electrons. The molecule has 1 N–H and O–H groups in total. The van der Waals surface area contributed by atoms with Crippen molar-refractivity contribution in [3.8, 4) is 0 Å². The highest BCUT2D eigenvalue weighted by atomic mass is 32.2. The molecule has 122 valence electrons. The fourth-order valence-electron chi connectivity index (χ4n) is 2.37. The van der Waals surface area contributed by atoms with E-state index in [2.05, 4.69) is 15.2 Å². The summed E-state index contributed by atoms with van der Waals surface area (Å²) in [7, 11) is -3.99. The van der Waals surface area contributed by atoms with Crippen LogP contribution in [0.1, 0.15) is 29.6 Å². The summed E-state index contributed by atoms with van der Waals surface area (Å²) in [6.07, 6.45) is 4.50. The molecule has 0 saturated carbocycles. The Morgan fingerprint density at radius 2 is 2.05 bits per heavy atom. The number of aromatic nitrogens is 1. The molecule has 0 aromatic carbocycles. The van der Waals surface area contributed by atoms with Crippen LogP contribution in [0.15, 0.2) is 23.4 Å². The first-order valence-electron chi connectivity index (χ1n) is 7.28. The molecule has 1 fully saturated rings. The number of nitrogens with one attached hydrogen (secondary N) is 1. The zero-order valence-corrected chi connectivity index (χ0v) is 13.1. The molecule has 1 aromatic rings. The van der Waals surface area contributed by atoms with Crippen LogP contribution < -0.4 is 5.32 Å². The van der Waals surface area contributed by atoms with Crippen LogP contribution in [0.2, 0.25) is 0 Å². The third-order valence-electron chi connectivity index (χ3n) is 3.60. The van der Waals surface area contributed by atoms with Gasteiger partial charge in [0.15, 0.2) is 11.0 Å². The number of carbonyl (C=O) groups is 1. The van der Waals surface area contributed by atoms with Gasteiger partial charge in [0.05, 0.1) is 5.56 Å². The molecule has 2 heterocycles. The van der Waals surface area contributed by atoms with Crippen LogP contribution >= 0.6 is 0 Å². The van der Waals surface area contributed by atoms with Gasteiger partial charge in [0.2, 0.25) is 9.84 Å². The average Bonchev–Trinajstić information content (AvgIpc) is 3.05. The maximum atomic E-state index is 12.3. The highest BCUT2D eigenvalue weighted by Crippen LogP contribution is 2.09. The monoisotopic (exact) mass is 329 g/mol. The summed E-state index contributed by atoms with van der Waals surface area (Å²) in [5, 5.41) is 2.41. The predicted octanol–water partition coefficient (Wildman–Crippen LogP) is 0.998. The van der Waals surface area contributed by atoms with Gasteiger partial charge >= 0.3 is 0 Å². The number of nitrogens with zero attached hydrogens (tertiary/aromatic N) is 2. The number of hydrogen-bond donors (Lipinski definition) is 1. The van der Waals surface area contributed by atoms with E-state index in [1.165, 1.54) is 18.9 Å². The molecule has 8 heteroatoms. The molecule has 0 aliphatic carbocycles. The zero-order chi connectivity index (χ0) is 16.0. The van der Waals surface area contributed by atoms with E-state index in [1.54, 1.807) is 0 Å². The lowest BCUT2D eigenvalue weighted by atomic mass is 10.2. The summed E-state index contributed by atoms with van der Waals surface area (Å²) in [6.45, 7) is 3.77. The Balaban J connectivity index is 1.79. The van der Waals surface area contributed by atoms with Gasteiger partial charge in [-0.15, -0.1) is 0 Å². The molecule has 6 nitrogen and oxygen atoms in total. The van der Waals surface area contributed by atoms with E-state index in [1.807, 2.05) is 0 Å². The normalized spacial score (nSPS) is 15.9. The molecule has 1 aromatic heterocycles. The third-order valence-corrected chi connectivity index (χ3v) is 4.76. The van der Waals surface area contributed by atoms with Gasteiger partial charge in [-0.05, 0) is 51.0 Å². The quantitative estimate of drug-likeness (QED) is 0.755. The van der Waals surface area contributed by atoms with Crippen molar-refractivity contribution in [3.63, 3.8) is 0 Å². The van der Waals surface area contributed by atoms with Crippen LogP contribution in [0.4, 0.5) is 4.39 Å². The van der Waals surface area contributed by atoms with Crippen molar-refractivity contribution in [2.45, 2.75) is 24.3 Å². The smallest absolute Gasteiger partial charge is 0.252 e. The molecule has 1 aliphatic rings. The predicted molar refractivity (Wildman–Crippen MR) is 80.0 cm³/mol. The second-order valence-corrected chi connectivity index (χ2v) is 7.13. The molecule has 0 spiro atoms. The largest absolute Gasteiger partial charge is 0.352 e. The van der Waals surface area contributed by atoms with Crippen molar-refractivity contribution in [2.75, 3.05) is 32.2 Å². The van der Waals surface area contributed by atoms with E-state index in [4.69, 9.17) is 0 Å². The summed E-state index contributed by atoms with van der Waals surface area (Å²) in [6, 6.07) is 0.988. The Morgan fingerprint density at radius 3 is 2.64 bits per heavy atom. The highest BCUT2D eigenvalue weighted by Gasteiger charge is 2.16. The number of sulfone groups is 1. The lowest BCUT2D eigenvalue weighted by Crippen LogP contribution is -2.28. The molecule has 1 amide bonds. The maximum Gasteiger partial charge on any atom is 0.252 e. The van der Waals surface area contributed by atoms with E-state index in [9.17, 15) is 17.6 Å². The second kappa shape index (κ2) is 7.64. The van der Waals surface area contributed by atoms with Gasteiger partial charge in [0.1, 0.15) is 0 Å². The maximum absolute atomic E-state index is 12.3. The van der Waals surface area contributed by atoms with Crippen LogP contribution in [-0.2, 0) is 9.84 Å². The number of pyridine rings is 1. The van der Waals surface area contributed by atoms with E-state index in [0.717, 1.165) is 38.3 Å². The van der Waals surface area contributed by atoms with Crippen LogP contribution in [0, 0.1) is 0 Å². The van der Waals surface area contributed by atoms with E-state index in [-0.39, 0.29) is 16.5 Å². The summed E-state index contributed by atoms with van der Waals surface area (Å²) in [5.74, 6) is -0.307. The Hall–Kier alpha value is -1.54. The van der Waals surface area contributed by atoms with Gasteiger partial charge in [0.25, 0.3) is 5.91 Å². The SMILES string of the molecule is O=C(NCCCN1CCCC1)c1ccc(S(=O)(=O)CF)nc1. The van der Waals surface area contributed by atoms with Crippen LogP contribution in [0.5, 0.6) is 0 Å². The molecule has 0 bridgehead atoms. The number of carbonyl (C=O) groups excluding carboxylic acids is 1. The fraction of sp³-hybridized carbons (Fsp3) is 0.571. The van der Waals surface area contributed by atoms with E-state index >= 15 is 0 Å². The van der Waals surface area contributed by atoms with E-state index in [0.29, 0.717) is 6.54 Å². The van der Waals surface area contributed by atoms with Crippen molar-refractivity contribution in [1.82, 2.24) is 15.2 Å². The first kappa shape index (κ1) is 16.8. The van der Waals surface area contributed by atoms with Gasteiger partial charge in [0, 0.05) is 12.7 Å². The van der Waals surface area contributed by atoms with Gasteiger partial charge < -0.3 is 10.2 Å². The topological polar surface area (TPSA) is 79.4 Å². The minimum Gasteiger partial charge on any atom is -0.352 e. The number of amides is 1. The summed E-state index contributed by atoms with van der Waals surface area (Å²) in [4.78, 5) is 17.9. The molecule has 0 unspecified atom stereocenters. The van der Waals surface area contributed by atoms with Gasteiger partial charge in [-0.2, -0.15) is 0 Å². The molecule has 22 heavy (non-hydrogen) atoms. The van der Waals surface area contributed by atoms with Gasteiger partial charge in [-0.1, -0.05) is 0 Å². The number of likely N-dealkylation sites (tertiary alicyclic amines) is 1. The zero-order valence-electron chi connectivity index (χ0n) is 12.3. The summed E-state index contributed by atoms with van der Waals surface area (Å²) < 4.78 is 34.9. The average molecular weight is 329 g/mol. The van der Waals surface area contributed by atoms with Gasteiger partial charge in [-0.3, -0.25) is 4.79 Å². The molecular weight excluding hydrogens is 309 g/mol. The number of halogens is 1. The standard InChI is InChI=1S/C14H20FN3O3S/c15-11-22(20,21)13-5-4-12(10-17-13)14(19)16-6-3-9-18-7-1-2-8-18/h4-5,10H,1-3,6-9,11H2,(H,16,19). The fourth-order valence-corrected chi connectivity index (χ4v) is 2.97. The van der Waals surface area contributed by atoms with Crippen molar-refractivity contribution in [3.05, 3.63) is 23.9 Å². The van der Waals surface area contributed by atoms with E-state index < -0.39 is 15.8 Å². The molecular formula is C14H20FN3O3S. The van der Waals surface area contributed by atoms with Crippen LogP contribution in [0.3, 0.4) is 0 Å². The Labute approximate surface area is 129 Å². The van der Waals surface area contributed by atoms with Crippen LogP contribution in [-0.4, -0.2) is 56.4 Å². The Morgan fingerprint density at radius 1 is 1.32 bits per heavy atom. The van der Waals surface area contributed by atoms with Gasteiger partial charge in [-0.25, -0.2) is 17.8 Å². The lowest BCUT2D eigenvalue weighted by Gasteiger charge is -2.14. The Kier molecular flexibility index (Phi) is 5.84. The number of rotatable bonds is 7. The van der Waals surface area contributed by atoms with Crippen LogP contribution in [0.25, 0.3) is 0 Å². The first-order valence-corrected chi connectivity index (χ1v) is 8.93. The summed E-state index contributed by atoms with van der Waals surface area (Å²) >= 11 is 0. The highest BCUT2D eigenvalue weighted by molar-refractivity contribution is 7.91. The van der Waals surface area contributed by atoms with Crippen molar-refractivity contribution >= 4 is 15.7 Å². The second-order valence-electron chi connectivity index (χ2n) is 5.27. The molecule has 1 aliphatic heterocycles.